The Labute approximate surface area is 140 Å². The van der Waals surface area contributed by atoms with Gasteiger partial charge in [-0.25, -0.2) is 9.37 Å². The van der Waals surface area contributed by atoms with E-state index in [0.717, 1.165) is 0 Å². The third-order valence-corrected chi connectivity index (χ3v) is 4.06. The van der Waals surface area contributed by atoms with Crippen molar-refractivity contribution < 1.29 is 9.18 Å². The van der Waals surface area contributed by atoms with E-state index in [0.29, 0.717) is 10.8 Å². The van der Waals surface area contributed by atoms with Crippen molar-refractivity contribution in [2.75, 3.05) is 4.90 Å². The molecule has 0 aliphatic rings. The molecule has 7 nitrogen and oxygen atoms in total. The van der Waals surface area contributed by atoms with Gasteiger partial charge in [0.2, 0.25) is 11.7 Å². The molecule has 2 aromatic heterocycles. The molecule has 0 saturated carbocycles. The van der Waals surface area contributed by atoms with Crippen LogP contribution in [0.1, 0.15) is 18.4 Å². The van der Waals surface area contributed by atoms with E-state index in [1.807, 2.05) is 6.07 Å². The predicted octanol–water partition coefficient (Wildman–Crippen LogP) is 2.48. The van der Waals surface area contributed by atoms with Crippen LogP contribution in [0.2, 0.25) is 0 Å². The Hall–Kier alpha value is -3.12. The zero-order valence-corrected chi connectivity index (χ0v) is 13.4. The van der Waals surface area contributed by atoms with E-state index in [2.05, 4.69) is 15.2 Å². The zero-order chi connectivity index (χ0) is 17.1. The van der Waals surface area contributed by atoms with Gasteiger partial charge in [0.05, 0.1) is 17.9 Å². The van der Waals surface area contributed by atoms with Crippen molar-refractivity contribution in [3.8, 4) is 6.07 Å². The number of halogens is 1. The zero-order valence-electron chi connectivity index (χ0n) is 12.5. The standard InChI is InChI=1S/C15H11FN6OS/c1-10(23)22(13-5-3-2-4-12(13)16)15-19-11(8-24-15)7-21-9-18-20-14(21)6-17/h2-5,8-9H,7H2,1H3. The first-order valence-electron chi connectivity index (χ1n) is 6.87. The molecule has 3 rings (SSSR count). The van der Waals surface area contributed by atoms with Gasteiger partial charge in [0.25, 0.3) is 0 Å². The molecule has 0 bridgehead atoms. The Morgan fingerprint density at radius 3 is 2.96 bits per heavy atom. The molecule has 120 valence electrons. The molecule has 0 unspecified atom stereocenters. The van der Waals surface area contributed by atoms with Gasteiger partial charge in [-0.05, 0) is 12.1 Å². The second kappa shape index (κ2) is 6.55. The molecule has 0 radical (unpaired) electrons. The highest BCUT2D eigenvalue weighted by atomic mass is 32.1. The topological polar surface area (TPSA) is 87.7 Å². The van der Waals surface area contributed by atoms with Gasteiger partial charge in [0.15, 0.2) is 5.13 Å². The summed E-state index contributed by atoms with van der Waals surface area (Å²) < 4.78 is 15.6. The molecule has 9 heteroatoms. The number of carbonyl (C=O) groups excluding carboxylic acids is 1. The lowest BCUT2D eigenvalue weighted by molar-refractivity contribution is -0.115. The van der Waals surface area contributed by atoms with E-state index in [4.69, 9.17) is 5.26 Å². The number of para-hydroxylation sites is 1. The minimum atomic E-state index is -0.505. The van der Waals surface area contributed by atoms with Gasteiger partial charge < -0.3 is 0 Å². The summed E-state index contributed by atoms with van der Waals surface area (Å²) in [5, 5.41) is 18.4. The van der Waals surface area contributed by atoms with Crippen LogP contribution >= 0.6 is 11.3 Å². The molecular formula is C15H11FN6OS. The summed E-state index contributed by atoms with van der Waals surface area (Å²) in [7, 11) is 0. The monoisotopic (exact) mass is 342 g/mol. The summed E-state index contributed by atoms with van der Waals surface area (Å²) in [6.07, 6.45) is 1.43. The van der Waals surface area contributed by atoms with Crippen LogP contribution in [-0.2, 0) is 11.3 Å². The van der Waals surface area contributed by atoms with Crippen molar-refractivity contribution in [3.05, 3.63) is 53.3 Å². The first-order valence-corrected chi connectivity index (χ1v) is 7.75. The quantitative estimate of drug-likeness (QED) is 0.727. The van der Waals surface area contributed by atoms with Gasteiger partial charge in [-0.15, -0.1) is 21.5 Å². The molecule has 0 spiro atoms. The van der Waals surface area contributed by atoms with Gasteiger partial charge in [-0.2, -0.15) is 5.26 Å². The van der Waals surface area contributed by atoms with E-state index in [-0.39, 0.29) is 24.0 Å². The maximum Gasteiger partial charge on any atom is 0.235 e. The second-order valence-corrected chi connectivity index (χ2v) is 5.66. The molecule has 1 aromatic carbocycles. The lowest BCUT2D eigenvalue weighted by atomic mass is 10.3. The Morgan fingerprint density at radius 2 is 2.25 bits per heavy atom. The maximum atomic E-state index is 14.0. The van der Waals surface area contributed by atoms with Crippen molar-refractivity contribution >= 4 is 28.1 Å². The molecule has 2 heterocycles. The van der Waals surface area contributed by atoms with Crippen LogP contribution in [0.4, 0.5) is 15.2 Å². The minimum absolute atomic E-state index is 0.146. The fraction of sp³-hybridized carbons (Fsp3) is 0.133. The van der Waals surface area contributed by atoms with E-state index < -0.39 is 5.82 Å². The number of hydrogen-bond donors (Lipinski definition) is 0. The van der Waals surface area contributed by atoms with Crippen molar-refractivity contribution in [1.82, 2.24) is 19.7 Å². The number of nitrogens with zero attached hydrogens (tertiary/aromatic N) is 6. The molecule has 0 saturated heterocycles. The summed E-state index contributed by atoms with van der Waals surface area (Å²) in [4.78, 5) is 17.6. The minimum Gasteiger partial charge on any atom is -0.299 e. The van der Waals surface area contributed by atoms with E-state index in [9.17, 15) is 9.18 Å². The first-order chi connectivity index (χ1) is 11.6. The Kier molecular flexibility index (Phi) is 4.31. The summed E-state index contributed by atoms with van der Waals surface area (Å²) >= 11 is 1.22. The van der Waals surface area contributed by atoms with Crippen LogP contribution in [0.3, 0.4) is 0 Å². The highest BCUT2D eigenvalue weighted by Gasteiger charge is 2.21. The Balaban J connectivity index is 1.92. The van der Waals surface area contributed by atoms with Gasteiger partial charge in [-0.3, -0.25) is 14.3 Å². The van der Waals surface area contributed by atoms with Crippen molar-refractivity contribution in [3.63, 3.8) is 0 Å². The smallest absolute Gasteiger partial charge is 0.235 e. The number of thiazole rings is 1. The van der Waals surface area contributed by atoms with Gasteiger partial charge in [-0.1, -0.05) is 12.1 Å². The normalized spacial score (nSPS) is 10.4. The van der Waals surface area contributed by atoms with Crippen LogP contribution in [0.15, 0.2) is 36.0 Å². The molecule has 0 fully saturated rings. The van der Waals surface area contributed by atoms with E-state index in [1.54, 1.807) is 22.1 Å². The fourth-order valence-corrected chi connectivity index (χ4v) is 3.01. The number of hydrogen-bond acceptors (Lipinski definition) is 6. The molecule has 0 aliphatic heterocycles. The average Bonchev–Trinajstić information content (AvgIpc) is 3.19. The average molecular weight is 342 g/mol. The number of benzene rings is 1. The number of carbonyl (C=O) groups is 1. The van der Waals surface area contributed by atoms with E-state index in [1.165, 1.54) is 41.6 Å². The summed E-state index contributed by atoms with van der Waals surface area (Å²) in [6.45, 7) is 1.64. The largest absolute Gasteiger partial charge is 0.299 e. The number of nitriles is 1. The van der Waals surface area contributed by atoms with Crippen LogP contribution in [0.25, 0.3) is 0 Å². The number of amides is 1. The number of rotatable bonds is 4. The molecule has 0 atom stereocenters. The predicted molar refractivity (Wildman–Crippen MR) is 85.2 cm³/mol. The highest BCUT2D eigenvalue weighted by molar-refractivity contribution is 7.14. The summed E-state index contributed by atoms with van der Waals surface area (Å²) in [5.74, 6) is -0.680. The van der Waals surface area contributed by atoms with Crippen molar-refractivity contribution in [1.29, 1.82) is 5.26 Å². The SMILES string of the molecule is CC(=O)N(c1nc(Cn2cnnc2C#N)cs1)c1ccccc1F. The summed E-state index contributed by atoms with van der Waals surface area (Å²) in [6, 6.07) is 7.94. The molecular weight excluding hydrogens is 331 g/mol. The third-order valence-electron chi connectivity index (χ3n) is 3.19. The number of anilines is 2. The molecule has 0 aliphatic carbocycles. The van der Waals surface area contributed by atoms with Gasteiger partial charge in [0.1, 0.15) is 18.2 Å². The first kappa shape index (κ1) is 15.8. The van der Waals surface area contributed by atoms with Crippen molar-refractivity contribution in [2.45, 2.75) is 13.5 Å². The van der Waals surface area contributed by atoms with Gasteiger partial charge >= 0.3 is 0 Å². The molecule has 24 heavy (non-hydrogen) atoms. The lowest BCUT2D eigenvalue weighted by Crippen LogP contribution is -2.23. The third kappa shape index (κ3) is 3.00. The van der Waals surface area contributed by atoms with Crippen LogP contribution in [0.5, 0.6) is 0 Å². The second-order valence-electron chi connectivity index (χ2n) is 4.82. The van der Waals surface area contributed by atoms with Crippen LogP contribution in [-0.4, -0.2) is 25.7 Å². The summed E-state index contributed by atoms with van der Waals surface area (Å²) in [5.41, 5.74) is 0.766. The maximum absolute atomic E-state index is 14.0. The van der Waals surface area contributed by atoms with Gasteiger partial charge in [0, 0.05) is 12.3 Å². The molecule has 1 amide bonds. The Morgan fingerprint density at radius 1 is 1.46 bits per heavy atom. The lowest BCUT2D eigenvalue weighted by Gasteiger charge is -2.18. The van der Waals surface area contributed by atoms with Crippen molar-refractivity contribution in [2.24, 2.45) is 0 Å². The fourth-order valence-electron chi connectivity index (χ4n) is 2.14. The molecule has 3 aromatic rings. The molecule has 0 N–H and O–H groups in total. The number of aromatic nitrogens is 4. The Bertz CT molecular complexity index is 928. The highest BCUT2D eigenvalue weighted by Crippen LogP contribution is 2.30. The van der Waals surface area contributed by atoms with E-state index >= 15 is 0 Å². The van der Waals surface area contributed by atoms with Crippen LogP contribution < -0.4 is 4.90 Å². The van der Waals surface area contributed by atoms with Crippen LogP contribution in [0, 0.1) is 17.1 Å².